The number of rotatable bonds is 7. The highest BCUT2D eigenvalue weighted by Crippen LogP contribution is 2.48. The number of aromatic nitrogens is 2. The number of carbonyl (C=O) groups excluding carboxylic acids is 3. The van der Waals surface area contributed by atoms with E-state index in [0.717, 1.165) is 72.8 Å². The first-order valence-corrected chi connectivity index (χ1v) is 16.5. The van der Waals surface area contributed by atoms with Gasteiger partial charge in [0.05, 0.1) is 35.3 Å². The zero-order valence-electron chi connectivity index (χ0n) is 26.4. The van der Waals surface area contributed by atoms with Gasteiger partial charge in [-0.1, -0.05) is 31.4 Å². The maximum Gasteiger partial charge on any atom is 0.337 e. The second-order valence-electron chi connectivity index (χ2n) is 12.6. The molecule has 46 heavy (non-hydrogen) atoms. The molecule has 0 radical (unpaired) electrons. The summed E-state index contributed by atoms with van der Waals surface area (Å²) >= 11 is 0. The fourth-order valence-corrected chi connectivity index (χ4v) is 7.45. The van der Waals surface area contributed by atoms with E-state index in [0.29, 0.717) is 36.0 Å². The van der Waals surface area contributed by atoms with Gasteiger partial charge < -0.3 is 23.8 Å². The molecule has 0 atom stereocenters. The van der Waals surface area contributed by atoms with E-state index in [1.165, 1.54) is 19.1 Å². The number of piperidine rings is 1. The van der Waals surface area contributed by atoms with Gasteiger partial charge in [-0.25, -0.2) is 4.79 Å². The number of carbonyl (C=O) groups is 3. The Morgan fingerprint density at radius 3 is 2.50 bits per heavy atom. The van der Waals surface area contributed by atoms with Crippen LogP contribution in [-0.2, 0) is 27.5 Å². The third kappa shape index (κ3) is 5.74. The van der Waals surface area contributed by atoms with Crippen molar-refractivity contribution in [3.05, 3.63) is 77.6 Å². The number of hydrogen-bond donors (Lipinski definition) is 0. The number of benzene rings is 2. The van der Waals surface area contributed by atoms with Crippen LogP contribution in [0.25, 0.3) is 22.2 Å². The van der Waals surface area contributed by atoms with Crippen LogP contribution in [0.5, 0.6) is 5.75 Å². The maximum absolute atomic E-state index is 14.3. The lowest BCUT2D eigenvalue weighted by Crippen LogP contribution is -2.45. The number of nitrogens with zero attached hydrogens (tertiary/aromatic N) is 4. The van der Waals surface area contributed by atoms with Crippen LogP contribution in [-0.4, -0.2) is 59.0 Å². The fraction of sp³-hybridized carbons (Fsp3) is 0.405. The van der Waals surface area contributed by atoms with Crippen LogP contribution < -0.4 is 9.64 Å². The zero-order chi connectivity index (χ0) is 31.6. The van der Waals surface area contributed by atoms with Crippen LogP contribution in [0.4, 0.5) is 5.69 Å². The quantitative estimate of drug-likeness (QED) is 0.220. The van der Waals surface area contributed by atoms with E-state index in [4.69, 9.17) is 9.47 Å². The lowest BCUT2D eigenvalue weighted by Gasteiger charge is -2.30. The molecule has 238 valence electrons. The predicted molar refractivity (Wildman–Crippen MR) is 176 cm³/mol. The van der Waals surface area contributed by atoms with Gasteiger partial charge in [-0.05, 0) is 80.0 Å². The van der Waals surface area contributed by atoms with Crippen LogP contribution in [0.15, 0.2) is 60.8 Å². The summed E-state index contributed by atoms with van der Waals surface area (Å²) in [6.45, 7) is 1.73. The topological polar surface area (TPSA) is 94.0 Å². The Labute approximate surface area is 269 Å². The number of amides is 2. The maximum atomic E-state index is 14.3. The molecule has 4 heterocycles. The lowest BCUT2D eigenvalue weighted by molar-refractivity contribution is -0.132. The highest BCUT2D eigenvalue weighted by Gasteiger charge is 2.35. The number of anilines is 1. The molecule has 2 aliphatic heterocycles. The highest BCUT2D eigenvalue weighted by atomic mass is 16.5. The van der Waals surface area contributed by atoms with Crippen LogP contribution >= 0.6 is 0 Å². The van der Waals surface area contributed by atoms with Gasteiger partial charge in [0.25, 0.3) is 0 Å². The van der Waals surface area contributed by atoms with Gasteiger partial charge in [-0.3, -0.25) is 14.6 Å². The van der Waals surface area contributed by atoms with E-state index in [2.05, 4.69) is 9.55 Å². The van der Waals surface area contributed by atoms with Crippen molar-refractivity contribution in [1.29, 1.82) is 0 Å². The largest absolute Gasteiger partial charge is 0.487 e. The Balaban J connectivity index is 1.38. The fourth-order valence-electron chi connectivity index (χ4n) is 7.45. The van der Waals surface area contributed by atoms with Crippen LogP contribution in [0.2, 0.25) is 0 Å². The summed E-state index contributed by atoms with van der Waals surface area (Å²) in [5, 5.41) is 1.06. The molecule has 2 amide bonds. The van der Waals surface area contributed by atoms with E-state index in [1.807, 2.05) is 59.5 Å². The average molecular weight is 621 g/mol. The highest BCUT2D eigenvalue weighted by molar-refractivity contribution is 6.07. The number of pyridine rings is 1. The third-order valence-corrected chi connectivity index (χ3v) is 9.76. The Morgan fingerprint density at radius 1 is 0.935 bits per heavy atom. The number of hydrogen-bond acceptors (Lipinski definition) is 6. The zero-order valence-corrected chi connectivity index (χ0v) is 26.4. The lowest BCUT2D eigenvalue weighted by atomic mass is 9.81. The van der Waals surface area contributed by atoms with Gasteiger partial charge in [-0.2, -0.15) is 0 Å². The van der Waals surface area contributed by atoms with Gasteiger partial charge in [0.1, 0.15) is 25.4 Å². The molecule has 9 heteroatoms. The molecule has 0 bridgehead atoms. The third-order valence-electron chi connectivity index (χ3n) is 9.76. The normalized spacial score (nSPS) is 16.9. The first-order chi connectivity index (χ1) is 22.5. The molecule has 7 rings (SSSR count). The second-order valence-corrected chi connectivity index (χ2v) is 12.6. The molecule has 0 spiro atoms. The first kappa shape index (κ1) is 30.0. The Hall–Kier alpha value is -4.66. The van der Waals surface area contributed by atoms with Crippen molar-refractivity contribution in [2.45, 2.75) is 70.4 Å². The molecule has 0 unspecified atom stereocenters. The summed E-state index contributed by atoms with van der Waals surface area (Å²) in [6.07, 6.45) is 10.5. The molecule has 2 aromatic heterocycles. The van der Waals surface area contributed by atoms with Gasteiger partial charge in [0, 0.05) is 36.3 Å². The van der Waals surface area contributed by atoms with E-state index in [-0.39, 0.29) is 31.5 Å². The van der Waals surface area contributed by atoms with Crippen molar-refractivity contribution in [2.24, 2.45) is 0 Å². The molecule has 0 N–H and O–H groups in total. The van der Waals surface area contributed by atoms with Crippen molar-refractivity contribution in [1.82, 2.24) is 14.5 Å². The van der Waals surface area contributed by atoms with E-state index >= 15 is 0 Å². The molecular formula is C37H40N4O5. The van der Waals surface area contributed by atoms with Crippen molar-refractivity contribution in [3.63, 3.8) is 0 Å². The minimum Gasteiger partial charge on any atom is -0.487 e. The van der Waals surface area contributed by atoms with Gasteiger partial charge in [-0.15, -0.1) is 0 Å². The SMILES string of the molecule is COC(=O)c1ccc2c(C3CCCCC3)c3n(c2c1)CC(=O)N(CC(=O)N1CCCCC1)c1cc(OCc2ccccn2)ccc1-3. The van der Waals surface area contributed by atoms with Crippen LogP contribution in [0.3, 0.4) is 0 Å². The molecule has 4 aromatic rings. The number of likely N-dealkylation sites (tertiary alicyclic amines) is 1. The molecule has 3 aliphatic rings. The number of esters is 1. The monoisotopic (exact) mass is 620 g/mol. The van der Waals surface area contributed by atoms with E-state index in [1.54, 1.807) is 11.1 Å². The molecule has 2 fully saturated rings. The van der Waals surface area contributed by atoms with E-state index in [9.17, 15) is 14.4 Å². The molecule has 1 aliphatic carbocycles. The summed E-state index contributed by atoms with van der Waals surface area (Å²) in [6, 6.07) is 17.3. The molecule has 1 saturated carbocycles. The van der Waals surface area contributed by atoms with E-state index < -0.39 is 5.97 Å². The summed E-state index contributed by atoms with van der Waals surface area (Å²) < 4.78 is 13.3. The van der Waals surface area contributed by atoms with Gasteiger partial charge in [0.2, 0.25) is 11.8 Å². The predicted octanol–water partition coefficient (Wildman–Crippen LogP) is 6.48. The Kier molecular flexibility index (Phi) is 8.47. The minimum atomic E-state index is -0.416. The van der Waals surface area contributed by atoms with Crippen LogP contribution in [0.1, 0.15) is 78.9 Å². The first-order valence-electron chi connectivity index (χ1n) is 16.5. The molecule has 9 nitrogen and oxygen atoms in total. The summed E-state index contributed by atoms with van der Waals surface area (Å²) in [4.78, 5) is 48.5. The minimum absolute atomic E-state index is 0.0372. The van der Waals surface area contributed by atoms with Crippen molar-refractivity contribution < 1.29 is 23.9 Å². The Bertz CT molecular complexity index is 1770. The summed E-state index contributed by atoms with van der Waals surface area (Å²) in [7, 11) is 1.38. The van der Waals surface area contributed by atoms with Crippen molar-refractivity contribution in [2.75, 3.05) is 31.6 Å². The summed E-state index contributed by atoms with van der Waals surface area (Å²) in [5.41, 5.74) is 5.82. The molecular weight excluding hydrogens is 580 g/mol. The molecule has 1 saturated heterocycles. The molecule has 2 aromatic carbocycles. The van der Waals surface area contributed by atoms with Crippen molar-refractivity contribution >= 4 is 34.4 Å². The van der Waals surface area contributed by atoms with Gasteiger partial charge >= 0.3 is 5.97 Å². The smallest absolute Gasteiger partial charge is 0.337 e. The average Bonchev–Trinajstić information content (AvgIpc) is 3.37. The number of ether oxygens (including phenoxy) is 2. The number of methoxy groups -OCH3 is 1. The van der Waals surface area contributed by atoms with Gasteiger partial charge in [0.15, 0.2) is 0 Å². The van der Waals surface area contributed by atoms with Crippen molar-refractivity contribution in [3.8, 4) is 17.0 Å². The second kappa shape index (κ2) is 13.0. The van der Waals surface area contributed by atoms with Crippen LogP contribution in [0, 0.1) is 0 Å². The summed E-state index contributed by atoms with van der Waals surface area (Å²) in [5.74, 6) is 0.282. The number of fused-ring (bicyclic) bond motifs is 5. The standard InChI is InChI=1S/C37H40N4O5/c1-45-37(44)26-13-15-29-31(20-26)41-23-34(43)40(22-33(42)39-18-8-3-9-19-39)32-21-28(46-24-27-12-6-7-17-38-27)14-16-30(32)36(41)35(29)25-10-4-2-5-11-25/h6-7,12-17,20-21,25H,2-5,8-11,18-19,22-24H2,1H3. The Morgan fingerprint density at radius 2 is 1.74 bits per heavy atom.